The van der Waals surface area contributed by atoms with Crippen molar-refractivity contribution in [3.8, 4) is 0 Å². The average Bonchev–Trinajstić information content (AvgIpc) is 2.86. The zero-order chi connectivity index (χ0) is 17.0. The van der Waals surface area contributed by atoms with E-state index in [0.717, 1.165) is 23.7 Å². The van der Waals surface area contributed by atoms with Gasteiger partial charge in [0.15, 0.2) is 0 Å². The van der Waals surface area contributed by atoms with E-state index in [4.69, 9.17) is 5.84 Å². The number of anilines is 1. The summed E-state index contributed by atoms with van der Waals surface area (Å²) in [5, 5.41) is 8.80. The third-order valence-electron chi connectivity index (χ3n) is 2.87. The van der Waals surface area contributed by atoms with Gasteiger partial charge in [0.2, 0.25) is 11.1 Å². The lowest BCUT2D eigenvalue weighted by Gasteiger charge is -2.07. The van der Waals surface area contributed by atoms with Crippen LogP contribution in [0.15, 0.2) is 29.4 Å². The highest BCUT2D eigenvalue weighted by Gasteiger charge is 2.38. The van der Waals surface area contributed by atoms with E-state index in [1.54, 1.807) is 6.07 Å². The number of aromatic nitrogens is 3. The number of nitrogen functional groups attached to an aromatic ring is 1. The maximum absolute atomic E-state index is 12.5. The number of rotatable bonds is 5. The van der Waals surface area contributed by atoms with Gasteiger partial charge in [0.1, 0.15) is 0 Å². The summed E-state index contributed by atoms with van der Waals surface area (Å²) in [7, 11) is 0. The highest BCUT2D eigenvalue weighted by atomic mass is 32.2. The SMILES string of the molecule is CCc1cccc(NC(=O)CSc2nnc(C(F)(F)F)n2N)c1. The Bertz CT molecular complexity index is 701. The van der Waals surface area contributed by atoms with E-state index in [-0.39, 0.29) is 16.8 Å². The maximum Gasteiger partial charge on any atom is 0.453 e. The summed E-state index contributed by atoms with van der Waals surface area (Å²) >= 11 is 0.774. The minimum absolute atomic E-state index is 0.135. The molecule has 0 bridgehead atoms. The average molecular weight is 345 g/mol. The maximum atomic E-state index is 12.5. The summed E-state index contributed by atoms with van der Waals surface area (Å²) in [5.74, 6) is 3.47. The molecule has 2 aromatic rings. The van der Waals surface area contributed by atoms with Gasteiger partial charge < -0.3 is 11.2 Å². The molecule has 124 valence electrons. The minimum atomic E-state index is -4.69. The monoisotopic (exact) mass is 345 g/mol. The van der Waals surface area contributed by atoms with Crippen LogP contribution in [0.1, 0.15) is 18.3 Å². The Kier molecular flexibility index (Phi) is 5.14. The van der Waals surface area contributed by atoms with E-state index < -0.39 is 12.0 Å². The number of nitrogens with one attached hydrogen (secondary N) is 1. The number of aryl methyl sites for hydroxylation is 1. The molecular formula is C13H14F3N5OS. The van der Waals surface area contributed by atoms with E-state index in [9.17, 15) is 18.0 Å². The molecule has 0 aliphatic heterocycles. The second-order valence-electron chi connectivity index (χ2n) is 4.56. The van der Waals surface area contributed by atoms with E-state index in [1.807, 2.05) is 25.1 Å². The molecule has 2 rings (SSSR count). The van der Waals surface area contributed by atoms with Crippen LogP contribution in [0.25, 0.3) is 0 Å². The molecule has 0 saturated heterocycles. The number of hydrogen-bond donors (Lipinski definition) is 2. The van der Waals surface area contributed by atoms with Crippen molar-refractivity contribution in [3.63, 3.8) is 0 Å². The number of carbonyl (C=O) groups excluding carboxylic acids is 1. The first kappa shape index (κ1) is 17.1. The van der Waals surface area contributed by atoms with Crippen LogP contribution in [0.2, 0.25) is 0 Å². The molecule has 1 aromatic heterocycles. The predicted molar refractivity (Wildman–Crippen MR) is 80.3 cm³/mol. The van der Waals surface area contributed by atoms with Gasteiger partial charge >= 0.3 is 6.18 Å². The van der Waals surface area contributed by atoms with Crippen LogP contribution < -0.4 is 11.2 Å². The van der Waals surface area contributed by atoms with E-state index >= 15 is 0 Å². The molecule has 10 heteroatoms. The third-order valence-corrected chi connectivity index (χ3v) is 3.81. The zero-order valence-electron chi connectivity index (χ0n) is 12.1. The van der Waals surface area contributed by atoms with Gasteiger partial charge in [0, 0.05) is 5.69 Å². The molecule has 0 atom stereocenters. The van der Waals surface area contributed by atoms with Crippen LogP contribution in [0, 0.1) is 0 Å². The van der Waals surface area contributed by atoms with Crippen LogP contribution in [-0.4, -0.2) is 26.5 Å². The fraction of sp³-hybridized carbons (Fsp3) is 0.308. The number of benzene rings is 1. The van der Waals surface area contributed by atoms with E-state index in [1.165, 1.54) is 0 Å². The molecule has 6 nitrogen and oxygen atoms in total. The highest BCUT2D eigenvalue weighted by Crippen LogP contribution is 2.28. The van der Waals surface area contributed by atoms with Crippen molar-refractivity contribution in [1.29, 1.82) is 0 Å². The van der Waals surface area contributed by atoms with Crippen molar-refractivity contribution >= 4 is 23.4 Å². The van der Waals surface area contributed by atoms with Gasteiger partial charge in [-0.15, -0.1) is 10.2 Å². The first-order valence-corrected chi connectivity index (χ1v) is 7.59. The summed E-state index contributed by atoms with van der Waals surface area (Å²) < 4.78 is 37.9. The molecule has 0 unspecified atom stereocenters. The Morgan fingerprint density at radius 3 is 2.74 bits per heavy atom. The molecule has 0 saturated carbocycles. The molecule has 1 aromatic carbocycles. The topological polar surface area (TPSA) is 85.8 Å². The van der Waals surface area contributed by atoms with E-state index in [2.05, 4.69) is 15.5 Å². The summed E-state index contributed by atoms with van der Waals surface area (Å²) in [6.07, 6.45) is -3.86. The molecular weight excluding hydrogens is 331 g/mol. The van der Waals surface area contributed by atoms with Crippen molar-refractivity contribution in [3.05, 3.63) is 35.7 Å². The third kappa shape index (κ3) is 4.38. The normalized spacial score (nSPS) is 11.5. The van der Waals surface area contributed by atoms with Gasteiger partial charge in [0.05, 0.1) is 5.75 Å². The number of carbonyl (C=O) groups is 1. The quantitative estimate of drug-likeness (QED) is 0.641. The van der Waals surface area contributed by atoms with Crippen LogP contribution >= 0.6 is 11.8 Å². The van der Waals surface area contributed by atoms with Crippen molar-refractivity contribution in [1.82, 2.24) is 14.9 Å². The highest BCUT2D eigenvalue weighted by molar-refractivity contribution is 7.99. The summed E-state index contributed by atoms with van der Waals surface area (Å²) in [6.45, 7) is 1.99. The minimum Gasteiger partial charge on any atom is -0.335 e. The number of halogens is 3. The Balaban J connectivity index is 1.96. The Hall–Kier alpha value is -2.23. The van der Waals surface area contributed by atoms with Crippen LogP contribution in [0.3, 0.4) is 0 Å². The van der Waals surface area contributed by atoms with E-state index in [0.29, 0.717) is 10.4 Å². The Morgan fingerprint density at radius 1 is 1.39 bits per heavy atom. The van der Waals surface area contributed by atoms with Crippen molar-refractivity contribution in [2.24, 2.45) is 0 Å². The van der Waals surface area contributed by atoms with Crippen LogP contribution in [-0.2, 0) is 17.4 Å². The van der Waals surface area contributed by atoms with Crippen LogP contribution in [0.5, 0.6) is 0 Å². The number of amides is 1. The summed E-state index contributed by atoms with van der Waals surface area (Å²) in [4.78, 5) is 11.8. The van der Waals surface area contributed by atoms with Crippen molar-refractivity contribution in [2.75, 3.05) is 16.9 Å². The van der Waals surface area contributed by atoms with Gasteiger partial charge in [-0.1, -0.05) is 30.8 Å². The van der Waals surface area contributed by atoms with Gasteiger partial charge in [-0.3, -0.25) is 4.79 Å². The second-order valence-corrected chi connectivity index (χ2v) is 5.51. The lowest BCUT2D eigenvalue weighted by atomic mass is 10.1. The predicted octanol–water partition coefficient (Wildman–Crippen LogP) is 2.30. The molecule has 3 N–H and O–H groups in total. The molecule has 0 aliphatic carbocycles. The standard InChI is InChI=1S/C13H14F3N5OS/c1-2-8-4-3-5-9(6-8)18-10(22)7-23-12-20-19-11(21(12)17)13(14,15)16/h3-6H,2,7,17H2,1H3,(H,18,22). The summed E-state index contributed by atoms with van der Waals surface area (Å²) in [5.41, 5.74) is 1.69. The largest absolute Gasteiger partial charge is 0.453 e. The Labute approximate surface area is 134 Å². The number of hydrogen-bond acceptors (Lipinski definition) is 5. The number of alkyl halides is 3. The second kappa shape index (κ2) is 6.90. The fourth-order valence-corrected chi connectivity index (χ4v) is 2.42. The molecule has 1 heterocycles. The molecule has 0 spiro atoms. The molecule has 0 fully saturated rings. The number of nitrogens with zero attached hydrogens (tertiary/aromatic N) is 3. The van der Waals surface area contributed by atoms with Gasteiger partial charge in [0.25, 0.3) is 5.82 Å². The van der Waals surface area contributed by atoms with Crippen LogP contribution in [0.4, 0.5) is 18.9 Å². The molecule has 23 heavy (non-hydrogen) atoms. The smallest absolute Gasteiger partial charge is 0.335 e. The van der Waals surface area contributed by atoms with Gasteiger partial charge in [-0.2, -0.15) is 13.2 Å². The molecule has 0 radical (unpaired) electrons. The van der Waals surface area contributed by atoms with Gasteiger partial charge in [-0.25, -0.2) is 4.68 Å². The number of thioether (sulfide) groups is 1. The first-order chi connectivity index (χ1) is 10.8. The fourth-order valence-electron chi connectivity index (χ4n) is 1.76. The van der Waals surface area contributed by atoms with Gasteiger partial charge in [-0.05, 0) is 24.1 Å². The zero-order valence-corrected chi connectivity index (χ0v) is 12.9. The molecule has 1 amide bonds. The van der Waals surface area contributed by atoms with Crippen molar-refractivity contribution in [2.45, 2.75) is 24.7 Å². The number of nitrogens with two attached hydrogens (primary N) is 1. The first-order valence-electron chi connectivity index (χ1n) is 6.60. The molecule has 0 aliphatic rings. The lowest BCUT2D eigenvalue weighted by molar-refractivity contribution is -0.146. The Morgan fingerprint density at radius 2 is 2.13 bits per heavy atom. The lowest BCUT2D eigenvalue weighted by Crippen LogP contribution is -2.22. The summed E-state index contributed by atoms with van der Waals surface area (Å²) in [6, 6.07) is 7.30. The van der Waals surface area contributed by atoms with Crippen molar-refractivity contribution < 1.29 is 18.0 Å².